The number of hydrogen-bond acceptors (Lipinski definition) is 4. The summed E-state index contributed by atoms with van der Waals surface area (Å²) < 4.78 is 0. The fourth-order valence-corrected chi connectivity index (χ4v) is 4.54. The van der Waals surface area contributed by atoms with Gasteiger partial charge in [-0.3, -0.25) is 9.59 Å². The van der Waals surface area contributed by atoms with Crippen LogP contribution in [-0.4, -0.2) is 15.9 Å². The zero-order valence-corrected chi connectivity index (χ0v) is 17.3. The molecule has 1 aromatic heterocycles. The number of aromatic amines is 1. The van der Waals surface area contributed by atoms with Crippen LogP contribution in [0.4, 0.5) is 5.82 Å². The number of aromatic nitrogens is 2. The first-order valence-corrected chi connectivity index (χ1v) is 10.7. The van der Waals surface area contributed by atoms with Crippen molar-refractivity contribution in [1.82, 2.24) is 9.97 Å². The molecule has 1 aliphatic rings. The Morgan fingerprint density at radius 3 is 2.59 bits per heavy atom. The van der Waals surface area contributed by atoms with Gasteiger partial charge in [-0.2, -0.15) is 0 Å². The molecule has 1 atom stereocenters. The van der Waals surface area contributed by atoms with E-state index in [0.29, 0.717) is 22.3 Å². The largest absolute Gasteiger partial charge is 0.310 e. The van der Waals surface area contributed by atoms with Crippen LogP contribution in [0.3, 0.4) is 0 Å². The number of anilines is 1. The second kappa shape index (κ2) is 8.25. The molecule has 1 unspecified atom stereocenters. The lowest BCUT2D eigenvalue weighted by Crippen LogP contribution is -2.31. The number of carbonyl (C=O) groups is 1. The Balaban J connectivity index is 1.64. The number of nitrogens with zero attached hydrogens (tertiary/aromatic N) is 1. The summed E-state index contributed by atoms with van der Waals surface area (Å²) in [6.45, 7) is 4.16. The van der Waals surface area contributed by atoms with Gasteiger partial charge in [-0.15, -0.1) is 0 Å². The average Bonchev–Trinajstić information content (AvgIpc) is 2.72. The molecule has 0 saturated heterocycles. The van der Waals surface area contributed by atoms with Crippen LogP contribution < -0.4 is 10.9 Å². The fraction of sp³-hybridized carbons (Fsp3) is 0.261. The highest BCUT2D eigenvalue weighted by atomic mass is 32.2. The number of aryl methyl sites for hydroxylation is 2. The summed E-state index contributed by atoms with van der Waals surface area (Å²) in [4.78, 5) is 32.7. The number of H-pyrrole nitrogens is 1. The number of fused-ring (bicyclic) bond motifs is 1. The number of nitrogens with one attached hydrogen (secondary N) is 2. The van der Waals surface area contributed by atoms with Crippen LogP contribution in [0.5, 0.6) is 0 Å². The van der Waals surface area contributed by atoms with Gasteiger partial charge in [-0.1, -0.05) is 67.2 Å². The Hall–Kier alpha value is -2.86. The predicted molar refractivity (Wildman–Crippen MR) is 117 cm³/mol. The summed E-state index contributed by atoms with van der Waals surface area (Å²) in [6, 6.07) is 16.2. The highest BCUT2D eigenvalue weighted by Gasteiger charge is 2.30. The second-order valence-corrected chi connectivity index (χ2v) is 8.21. The zero-order valence-electron chi connectivity index (χ0n) is 16.5. The first-order chi connectivity index (χ1) is 14.0. The molecule has 3 aromatic rings. The standard InChI is InChI=1S/C23H23N3O2S/c1-3-15-8-10-16(11-9-15)18-12-19(27)24-21-20(18)22(28)26-23(25-21)29-13-17-7-5-4-6-14(17)2/h4-11,18H,3,12-13H2,1-2H3,(H2,24,25,26,27,28). The number of hydrogen-bond donors (Lipinski definition) is 2. The van der Waals surface area contributed by atoms with Crippen LogP contribution in [0.2, 0.25) is 0 Å². The Labute approximate surface area is 174 Å². The van der Waals surface area contributed by atoms with E-state index < -0.39 is 0 Å². The first-order valence-electron chi connectivity index (χ1n) is 9.75. The molecule has 29 heavy (non-hydrogen) atoms. The van der Waals surface area contributed by atoms with Crippen LogP contribution in [0.25, 0.3) is 0 Å². The highest BCUT2D eigenvalue weighted by molar-refractivity contribution is 7.98. The Bertz CT molecular complexity index is 1110. The lowest BCUT2D eigenvalue weighted by Gasteiger charge is -2.24. The summed E-state index contributed by atoms with van der Waals surface area (Å²) in [6.07, 6.45) is 1.20. The molecule has 1 aliphatic heterocycles. The minimum atomic E-state index is -0.281. The molecular weight excluding hydrogens is 382 g/mol. The van der Waals surface area contributed by atoms with Gasteiger partial charge in [0.15, 0.2) is 5.16 Å². The van der Waals surface area contributed by atoms with Crippen LogP contribution in [0.15, 0.2) is 58.5 Å². The monoisotopic (exact) mass is 405 g/mol. The van der Waals surface area contributed by atoms with E-state index in [0.717, 1.165) is 12.0 Å². The van der Waals surface area contributed by atoms with Crippen molar-refractivity contribution in [3.05, 3.63) is 86.7 Å². The molecule has 2 heterocycles. The maximum atomic E-state index is 12.9. The molecule has 5 nitrogen and oxygen atoms in total. The van der Waals surface area contributed by atoms with E-state index in [2.05, 4.69) is 53.4 Å². The van der Waals surface area contributed by atoms with E-state index in [1.54, 1.807) is 0 Å². The lowest BCUT2D eigenvalue weighted by atomic mass is 9.86. The smallest absolute Gasteiger partial charge is 0.257 e. The summed E-state index contributed by atoms with van der Waals surface area (Å²) in [7, 11) is 0. The van der Waals surface area contributed by atoms with Crippen molar-refractivity contribution in [2.24, 2.45) is 0 Å². The van der Waals surface area contributed by atoms with Crippen molar-refractivity contribution in [3.8, 4) is 0 Å². The molecule has 0 radical (unpaired) electrons. The van der Waals surface area contributed by atoms with Gasteiger partial charge in [0.2, 0.25) is 5.91 Å². The van der Waals surface area contributed by atoms with Gasteiger partial charge in [-0.05, 0) is 35.6 Å². The van der Waals surface area contributed by atoms with Gasteiger partial charge in [-0.25, -0.2) is 4.98 Å². The van der Waals surface area contributed by atoms with Gasteiger partial charge in [0.25, 0.3) is 5.56 Å². The molecule has 1 amide bonds. The van der Waals surface area contributed by atoms with Crippen LogP contribution in [0.1, 0.15) is 47.1 Å². The average molecular weight is 406 g/mol. The molecule has 2 aromatic carbocycles. The minimum absolute atomic E-state index is 0.116. The number of amides is 1. The lowest BCUT2D eigenvalue weighted by molar-refractivity contribution is -0.116. The van der Waals surface area contributed by atoms with Crippen molar-refractivity contribution in [2.45, 2.75) is 43.5 Å². The first kappa shape index (κ1) is 19.5. The molecule has 0 bridgehead atoms. The summed E-state index contributed by atoms with van der Waals surface area (Å²) in [5, 5.41) is 3.30. The van der Waals surface area contributed by atoms with E-state index in [4.69, 9.17) is 0 Å². The topological polar surface area (TPSA) is 74.8 Å². The number of benzene rings is 2. The molecule has 148 valence electrons. The third-order valence-corrected chi connectivity index (χ3v) is 6.27. The summed E-state index contributed by atoms with van der Waals surface area (Å²) >= 11 is 1.46. The van der Waals surface area contributed by atoms with Crippen molar-refractivity contribution in [1.29, 1.82) is 0 Å². The number of rotatable bonds is 5. The summed E-state index contributed by atoms with van der Waals surface area (Å²) in [5.74, 6) is 0.678. The number of thioether (sulfide) groups is 1. The van der Waals surface area contributed by atoms with Gasteiger partial charge >= 0.3 is 0 Å². The van der Waals surface area contributed by atoms with E-state index in [-0.39, 0.29) is 23.8 Å². The third kappa shape index (κ3) is 4.12. The van der Waals surface area contributed by atoms with E-state index in [9.17, 15) is 9.59 Å². The molecule has 0 spiro atoms. The molecular formula is C23H23N3O2S. The number of carbonyl (C=O) groups excluding carboxylic acids is 1. The third-order valence-electron chi connectivity index (χ3n) is 5.35. The van der Waals surface area contributed by atoms with Gasteiger partial charge in [0, 0.05) is 18.1 Å². The van der Waals surface area contributed by atoms with Crippen molar-refractivity contribution in [3.63, 3.8) is 0 Å². The van der Waals surface area contributed by atoms with Crippen LogP contribution >= 0.6 is 11.8 Å². The van der Waals surface area contributed by atoms with Gasteiger partial charge in [0.1, 0.15) is 5.82 Å². The minimum Gasteiger partial charge on any atom is -0.310 e. The Morgan fingerprint density at radius 1 is 1.10 bits per heavy atom. The predicted octanol–water partition coefficient (Wildman–Crippen LogP) is 4.41. The Kier molecular flexibility index (Phi) is 5.53. The van der Waals surface area contributed by atoms with E-state index in [1.165, 1.54) is 28.5 Å². The normalized spacial score (nSPS) is 15.7. The Morgan fingerprint density at radius 2 is 1.86 bits per heavy atom. The van der Waals surface area contributed by atoms with E-state index in [1.807, 2.05) is 24.3 Å². The zero-order chi connectivity index (χ0) is 20.4. The second-order valence-electron chi connectivity index (χ2n) is 7.25. The molecule has 4 rings (SSSR count). The van der Waals surface area contributed by atoms with Crippen LogP contribution in [-0.2, 0) is 17.0 Å². The summed E-state index contributed by atoms with van der Waals surface area (Å²) in [5.41, 5.74) is 4.93. The molecule has 0 fully saturated rings. The highest BCUT2D eigenvalue weighted by Crippen LogP contribution is 2.34. The maximum absolute atomic E-state index is 12.9. The van der Waals surface area contributed by atoms with Crippen molar-refractivity contribution in [2.75, 3.05) is 5.32 Å². The molecule has 0 saturated carbocycles. The van der Waals surface area contributed by atoms with Gasteiger partial charge < -0.3 is 10.3 Å². The van der Waals surface area contributed by atoms with Crippen molar-refractivity contribution >= 4 is 23.5 Å². The quantitative estimate of drug-likeness (QED) is 0.487. The fourth-order valence-electron chi connectivity index (χ4n) is 3.61. The van der Waals surface area contributed by atoms with Crippen molar-refractivity contribution < 1.29 is 4.79 Å². The maximum Gasteiger partial charge on any atom is 0.257 e. The van der Waals surface area contributed by atoms with E-state index >= 15 is 0 Å². The molecule has 2 N–H and O–H groups in total. The SMILES string of the molecule is CCc1ccc(C2CC(=O)Nc3nc(SCc4ccccc4C)[nH]c(=O)c32)cc1. The van der Waals surface area contributed by atoms with Gasteiger partial charge in [0.05, 0.1) is 5.56 Å². The molecule has 6 heteroatoms. The molecule has 0 aliphatic carbocycles. The van der Waals surface area contributed by atoms with Crippen LogP contribution in [0, 0.1) is 6.92 Å².